The molecule has 1 aliphatic heterocycles. The molecule has 10 heavy (non-hydrogen) atoms. The summed E-state index contributed by atoms with van der Waals surface area (Å²) in [4.78, 5) is 11.0. The van der Waals surface area contributed by atoms with E-state index in [0.717, 1.165) is 6.54 Å². The Morgan fingerprint density at radius 1 is 1.80 bits per heavy atom. The molecule has 1 fully saturated rings. The van der Waals surface area contributed by atoms with E-state index in [0.29, 0.717) is 13.2 Å². The molecule has 1 heterocycles. The van der Waals surface area contributed by atoms with Crippen LogP contribution in [0.2, 0.25) is 0 Å². The molecule has 1 radical (unpaired) electrons. The molecule has 1 rings (SSSR count). The van der Waals surface area contributed by atoms with Crippen molar-refractivity contribution in [2.75, 3.05) is 26.8 Å². The summed E-state index contributed by atoms with van der Waals surface area (Å²) in [5.41, 5.74) is 0. The largest absolute Gasteiger partial charge is 0.359 e. The van der Waals surface area contributed by atoms with Gasteiger partial charge in [-0.1, -0.05) is 0 Å². The van der Waals surface area contributed by atoms with Gasteiger partial charge in [-0.25, -0.2) is 5.32 Å². The number of rotatable bonds is 1. The van der Waals surface area contributed by atoms with Crippen molar-refractivity contribution < 1.29 is 4.79 Å². The number of hydrogen-bond acceptors (Lipinski definition) is 2. The van der Waals surface area contributed by atoms with Gasteiger partial charge in [-0.15, -0.1) is 0 Å². The molecular weight excluding hydrogens is 130 g/mol. The lowest BCUT2D eigenvalue weighted by molar-refractivity contribution is -0.124. The summed E-state index contributed by atoms with van der Waals surface area (Å²) in [7, 11) is 1.65. The minimum absolute atomic E-state index is 0.0405. The molecule has 0 aliphatic carbocycles. The molecule has 0 aromatic carbocycles. The minimum atomic E-state index is 0.0405. The molecule has 4 nitrogen and oxygen atoms in total. The maximum Gasteiger partial charge on any atom is 0.225 e. The van der Waals surface area contributed by atoms with Crippen LogP contribution in [0, 0.1) is 5.92 Å². The van der Waals surface area contributed by atoms with Crippen molar-refractivity contribution in [1.29, 1.82) is 0 Å². The summed E-state index contributed by atoms with van der Waals surface area (Å²) < 4.78 is 0. The summed E-state index contributed by atoms with van der Waals surface area (Å²) in [5, 5.41) is 9.67. The molecule has 2 N–H and O–H groups in total. The first kappa shape index (κ1) is 7.50. The maximum absolute atomic E-state index is 11.0. The predicted molar refractivity (Wildman–Crippen MR) is 37.4 cm³/mol. The standard InChI is InChI=1S/C6H12N3O/c1-7-6(10)5-2-8-4-9-3-5/h5,8H,2-4H2,1H3,(H,7,10). The summed E-state index contributed by atoms with van der Waals surface area (Å²) in [6.07, 6.45) is 0. The number of carbonyl (C=O) groups excluding carboxylic acids is 1. The Morgan fingerprint density at radius 2 is 2.60 bits per heavy atom. The van der Waals surface area contributed by atoms with Crippen molar-refractivity contribution in [2.24, 2.45) is 5.92 Å². The number of carbonyl (C=O) groups is 1. The zero-order valence-corrected chi connectivity index (χ0v) is 6.05. The van der Waals surface area contributed by atoms with Crippen LogP contribution >= 0.6 is 0 Å². The van der Waals surface area contributed by atoms with Gasteiger partial charge in [0, 0.05) is 20.1 Å². The van der Waals surface area contributed by atoms with Crippen molar-refractivity contribution in [3.8, 4) is 0 Å². The average molecular weight is 142 g/mol. The van der Waals surface area contributed by atoms with E-state index in [4.69, 9.17) is 0 Å². The van der Waals surface area contributed by atoms with E-state index in [1.54, 1.807) is 7.05 Å². The fraction of sp³-hybridized carbons (Fsp3) is 0.833. The second-order valence-electron chi connectivity index (χ2n) is 2.33. The molecule has 4 heteroatoms. The fourth-order valence-corrected chi connectivity index (χ4v) is 0.983. The van der Waals surface area contributed by atoms with Crippen LogP contribution in [0.4, 0.5) is 0 Å². The van der Waals surface area contributed by atoms with Crippen LogP contribution in [0.1, 0.15) is 0 Å². The fourth-order valence-electron chi connectivity index (χ4n) is 0.983. The van der Waals surface area contributed by atoms with Gasteiger partial charge in [-0.2, -0.15) is 0 Å². The van der Waals surface area contributed by atoms with E-state index in [9.17, 15) is 4.79 Å². The second-order valence-corrected chi connectivity index (χ2v) is 2.33. The lowest BCUT2D eigenvalue weighted by Gasteiger charge is -2.20. The Bertz CT molecular complexity index is 120. The molecule has 0 aromatic heterocycles. The van der Waals surface area contributed by atoms with Gasteiger partial charge in [0.15, 0.2) is 0 Å². The van der Waals surface area contributed by atoms with Crippen molar-refractivity contribution in [3.05, 3.63) is 0 Å². The Labute approximate surface area is 60.4 Å². The van der Waals surface area contributed by atoms with E-state index in [1.165, 1.54) is 0 Å². The van der Waals surface area contributed by atoms with Gasteiger partial charge >= 0.3 is 0 Å². The van der Waals surface area contributed by atoms with Crippen LogP contribution in [0.3, 0.4) is 0 Å². The molecule has 1 unspecified atom stereocenters. The second kappa shape index (κ2) is 3.53. The Balaban J connectivity index is 2.31. The van der Waals surface area contributed by atoms with Gasteiger partial charge in [-0.3, -0.25) is 4.79 Å². The van der Waals surface area contributed by atoms with Gasteiger partial charge in [0.25, 0.3) is 0 Å². The molecule has 0 saturated carbocycles. The first-order valence-electron chi connectivity index (χ1n) is 3.40. The summed E-state index contributed by atoms with van der Waals surface area (Å²) >= 11 is 0. The van der Waals surface area contributed by atoms with E-state index in [2.05, 4.69) is 16.0 Å². The van der Waals surface area contributed by atoms with Gasteiger partial charge in [0.05, 0.1) is 12.6 Å². The van der Waals surface area contributed by atoms with Gasteiger partial charge in [0.2, 0.25) is 5.91 Å². The highest BCUT2D eigenvalue weighted by Crippen LogP contribution is 1.96. The van der Waals surface area contributed by atoms with Crippen LogP contribution in [-0.4, -0.2) is 32.7 Å². The van der Waals surface area contributed by atoms with Crippen molar-refractivity contribution in [3.63, 3.8) is 0 Å². The van der Waals surface area contributed by atoms with E-state index in [1.807, 2.05) is 0 Å². The van der Waals surface area contributed by atoms with Crippen LogP contribution < -0.4 is 16.0 Å². The number of amides is 1. The van der Waals surface area contributed by atoms with Crippen molar-refractivity contribution in [1.82, 2.24) is 16.0 Å². The third-order valence-corrected chi connectivity index (χ3v) is 1.58. The van der Waals surface area contributed by atoms with Crippen LogP contribution in [0.15, 0.2) is 0 Å². The molecule has 57 valence electrons. The van der Waals surface area contributed by atoms with E-state index in [-0.39, 0.29) is 11.8 Å². The minimum Gasteiger partial charge on any atom is -0.359 e. The number of hydrogen-bond donors (Lipinski definition) is 2. The molecule has 0 bridgehead atoms. The highest BCUT2D eigenvalue weighted by Gasteiger charge is 2.19. The third kappa shape index (κ3) is 1.68. The lowest BCUT2D eigenvalue weighted by Crippen LogP contribution is -2.46. The number of nitrogens with zero attached hydrogens (tertiary/aromatic N) is 1. The summed E-state index contributed by atoms with van der Waals surface area (Å²) in [6.45, 7) is 2.10. The van der Waals surface area contributed by atoms with Crippen LogP contribution in [0.5, 0.6) is 0 Å². The van der Waals surface area contributed by atoms with Gasteiger partial charge < -0.3 is 10.6 Å². The zero-order valence-electron chi connectivity index (χ0n) is 6.05. The summed E-state index contributed by atoms with van der Waals surface area (Å²) in [6, 6.07) is 0. The molecule has 1 atom stereocenters. The molecule has 1 saturated heterocycles. The average Bonchev–Trinajstić information content (AvgIpc) is 2.05. The molecular formula is C6H12N3O. The smallest absolute Gasteiger partial charge is 0.225 e. The summed E-state index contributed by atoms with van der Waals surface area (Å²) in [5.74, 6) is 0.120. The Morgan fingerprint density at radius 3 is 3.10 bits per heavy atom. The molecule has 1 amide bonds. The van der Waals surface area contributed by atoms with Gasteiger partial charge in [0.1, 0.15) is 0 Å². The first-order valence-corrected chi connectivity index (χ1v) is 3.40. The first-order chi connectivity index (χ1) is 4.84. The lowest BCUT2D eigenvalue weighted by atomic mass is 10.1. The number of nitrogens with one attached hydrogen (secondary N) is 2. The molecule has 0 spiro atoms. The topological polar surface area (TPSA) is 55.2 Å². The highest BCUT2D eigenvalue weighted by atomic mass is 16.1. The van der Waals surface area contributed by atoms with Crippen LogP contribution in [0.25, 0.3) is 0 Å². The Hall–Kier alpha value is -0.610. The van der Waals surface area contributed by atoms with E-state index < -0.39 is 0 Å². The van der Waals surface area contributed by atoms with Crippen LogP contribution in [-0.2, 0) is 4.79 Å². The predicted octanol–water partition coefficient (Wildman–Crippen LogP) is -1.49. The Kier molecular flexibility index (Phi) is 2.65. The van der Waals surface area contributed by atoms with E-state index >= 15 is 0 Å². The third-order valence-electron chi connectivity index (χ3n) is 1.58. The van der Waals surface area contributed by atoms with Gasteiger partial charge in [-0.05, 0) is 0 Å². The van der Waals surface area contributed by atoms with Crippen molar-refractivity contribution in [2.45, 2.75) is 0 Å². The zero-order chi connectivity index (χ0) is 7.40. The van der Waals surface area contributed by atoms with Crippen molar-refractivity contribution >= 4 is 5.91 Å². The SMILES string of the molecule is CNC(=O)C1C[N]CNC1. The molecule has 1 aliphatic rings. The maximum atomic E-state index is 11.0. The monoisotopic (exact) mass is 142 g/mol. The normalized spacial score (nSPS) is 20.5. The highest BCUT2D eigenvalue weighted by molar-refractivity contribution is 5.78. The quantitative estimate of drug-likeness (QED) is 0.469. The molecule has 0 aromatic rings.